The zero-order chi connectivity index (χ0) is 10.7. The first-order chi connectivity index (χ1) is 5.20. The van der Waals surface area contributed by atoms with E-state index < -0.39 is 0 Å². The molecule has 0 aliphatic heterocycles. The van der Waals surface area contributed by atoms with Crippen LogP contribution in [0.2, 0.25) is 0 Å². The number of hydrogen-bond acceptors (Lipinski definition) is 0. The second-order valence-electron chi connectivity index (χ2n) is 4.18. The third-order valence-electron chi connectivity index (χ3n) is 0. The molecule has 0 aliphatic carbocycles. The summed E-state index contributed by atoms with van der Waals surface area (Å²) in [5.41, 5.74) is 0. The Labute approximate surface area is 118 Å². The van der Waals surface area contributed by atoms with E-state index in [9.17, 15) is 0 Å². The molecule has 0 unspecified atom stereocenters. The zero-order valence-electron chi connectivity index (χ0n) is 10.8. The van der Waals surface area contributed by atoms with Gasteiger partial charge in [-0.3, -0.25) is 0 Å². The van der Waals surface area contributed by atoms with Crippen molar-refractivity contribution in [1.29, 1.82) is 0 Å². The molecule has 1 radical (unpaired) electrons. The Balaban J connectivity index is -0.0000000270. The van der Waals surface area contributed by atoms with Crippen LogP contribution in [0.5, 0.6) is 0 Å². The molecule has 2 heteroatoms. The summed E-state index contributed by atoms with van der Waals surface area (Å²) in [6, 6.07) is 0. The summed E-state index contributed by atoms with van der Waals surface area (Å²) >= 11 is 0. The molecule has 0 rings (SSSR count). The quantitative estimate of drug-likeness (QED) is 0.436. The smallest absolute Gasteiger partial charge is 0.341 e. The Morgan fingerprint density at radius 1 is 0.571 bits per heavy atom. The summed E-state index contributed by atoms with van der Waals surface area (Å²) in [4.78, 5) is 0. The van der Waals surface area contributed by atoms with Gasteiger partial charge in [0.1, 0.15) is 0 Å². The van der Waals surface area contributed by atoms with Crippen LogP contribution in [0.1, 0.15) is 41.5 Å². The number of rotatable bonds is 0. The minimum atomic E-state index is 0. The van der Waals surface area contributed by atoms with E-state index in [1.165, 1.54) is 0 Å². The Hall–Kier alpha value is 1.19. The maximum Gasteiger partial charge on any atom is 3.00 e. The van der Waals surface area contributed by atoms with Crippen LogP contribution < -0.4 is 0 Å². The van der Waals surface area contributed by atoms with Crippen LogP contribution in [0, 0.1) is 38.5 Å². The number of halogens is 1. The standard InChI is InChI=1S/3C4H9.BrH.Ti/c3*1-4(2)3;;/h3*4H,1H2,2-3H3;1H;/q3*-1;;+3. The van der Waals surface area contributed by atoms with Crippen molar-refractivity contribution in [3.63, 3.8) is 0 Å². The Bertz CT molecular complexity index is 38.8. The van der Waals surface area contributed by atoms with E-state index in [1.807, 2.05) is 0 Å². The molecule has 0 bridgehead atoms. The molecule has 0 nitrogen and oxygen atoms in total. The average Bonchev–Trinajstić information content (AvgIpc) is 1.54. The molecule has 0 spiro atoms. The third-order valence-corrected chi connectivity index (χ3v) is 0. The van der Waals surface area contributed by atoms with Gasteiger partial charge in [0.05, 0.1) is 0 Å². The van der Waals surface area contributed by atoms with Gasteiger partial charge in [0.25, 0.3) is 0 Å². The molecule has 0 heterocycles. The van der Waals surface area contributed by atoms with Gasteiger partial charge in [-0.25, -0.2) is 0 Å². The predicted octanol–water partition coefficient (Wildman–Crippen LogP) is 5.00. The maximum atomic E-state index is 3.64. The Morgan fingerprint density at radius 2 is 0.571 bits per heavy atom. The average molecular weight is 300 g/mol. The van der Waals surface area contributed by atoms with Crippen molar-refractivity contribution in [2.75, 3.05) is 0 Å². The molecule has 0 amide bonds. The van der Waals surface area contributed by atoms with E-state index in [-0.39, 0.29) is 38.7 Å². The molecule has 0 aromatic rings. The van der Waals surface area contributed by atoms with E-state index in [0.717, 1.165) is 0 Å². The summed E-state index contributed by atoms with van der Waals surface area (Å²) in [5.74, 6) is 1.75. The monoisotopic (exact) mass is 299 g/mol. The van der Waals surface area contributed by atoms with Gasteiger partial charge in [0.2, 0.25) is 0 Å². The molecular formula is C12H28BrTi. The van der Waals surface area contributed by atoms with Gasteiger partial charge in [-0.15, -0.1) is 17.0 Å². The van der Waals surface area contributed by atoms with Crippen LogP contribution >= 0.6 is 17.0 Å². The third kappa shape index (κ3) is 1380. The molecule has 0 saturated heterocycles. The van der Waals surface area contributed by atoms with Crippen molar-refractivity contribution in [2.24, 2.45) is 17.8 Å². The molecular weight excluding hydrogens is 272 g/mol. The first-order valence-electron chi connectivity index (χ1n) is 4.69. The van der Waals surface area contributed by atoms with Crippen molar-refractivity contribution < 1.29 is 21.7 Å². The van der Waals surface area contributed by atoms with Gasteiger partial charge in [-0.05, 0) is 0 Å². The minimum absolute atomic E-state index is 0. The van der Waals surface area contributed by atoms with Gasteiger partial charge < -0.3 is 20.8 Å². The first-order valence-corrected chi connectivity index (χ1v) is 4.69. The van der Waals surface area contributed by atoms with Crippen molar-refractivity contribution >= 4 is 17.0 Å². The van der Waals surface area contributed by atoms with Crippen molar-refractivity contribution in [1.82, 2.24) is 0 Å². The topological polar surface area (TPSA) is 0 Å². The molecule has 0 fully saturated rings. The zero-order valence-corrected chi connectivity index (χ0v) is 14.0. The normalized spacial score (nSPS) is 7.71. The van der Waals surface area contributed by atoms with E-state index in [2.05, 4.69) is 62.3 Å². The van der Waals surface area contributed by atoms with Crippen molar-refractivity contribution in [3.05, 3.63) is 20.8 Å². The first kappa shape index (κ1) is 29.5. The van der Waals surface area contributed by atoms with Gasteiger partial charge >= 0.3 is 21.7 Å². The molecule has 0 N–H and O–H groups in total. The van der Waals surface area contributed by atoms with Crippen molar-refractivity contribution in [3.8, 4) is 0 Å². The van der Waals surface area contributed by atoms with E-state index >= 15 is 0 Å². The van der Waals surface area contributed by atoms with Gasteiger partial charge in [-0.2, -0.15) is 17.8 Å². The van der Waals surface area contributed by atoms with Crippen LogP contribution in [-0.4, -0.2) is 0 Å². The molecule has 14 heavy (non-hydrogen) atoms. The van der Waals surface area contributed by atoms with Gasteiger partial charge in [0, 0.05) is 0 Å². The maximum absolute atomic E-state index is 3.64. The Kier molecular flexibility index (Phi) is 50.0. The van der Waals surface area contributed by atoms with E-state index in [4.69, 9.17) is 0 Å². The fraction of sp³-hybridized carbons (Fsp3) is 0.750. The summed E-state index contributed by atoms with van der Waals surface area (Å²) < 4.78 is 0. The van der Waals surface area contributed by atoms with Crippen LogP contribution in [0.25, 0.3) is 0 Å². The number of hydrogen-bond donors (Lipinski definition) is 0. The molecule has 87 valence electrons. The minimum Gasteiger partial charge on any atom is -0.341 e. The van der Waals surface area contributed by atoms with Gasteiger partial charge in [-0.1, -0.05) is 41.5 Å². The van der Waals surface area contributed by atoms with Gasteiger partial charge in [0.15, 0.2) is 0 Å². The molecule has 0 aromatic carbocycles. The summed E-state index contributed by atoms with van der Waals surface area (Å²) in [5, 5.41) is 0. The summed E-state index contributed by atoms with van der Waals surface area (Å²) in [6.45, 7) is 23.2. The summed E-state index contributed by atoms with van der Waals surface area (Å²) in [6.07, 6.45) is 0. The molecule has 0 saturated carbocycles. The van der Waals surface area contributed by atoms with Crippen LogP contribution in [-0.2, 0) is 21.7 Å². The molecule has 0 atom stereocenters. The molecule has 0 aliphatic rings. The van der Waals surface area contributed by atoms with Crippen LogP contribution in [0.4, 0.5) is 0 Å². The predicted molar refractivity (Wildman–Crippen MR) is 70.9 cm³/mol. The Morgan fingerprint density at radius 3 is 0.571 bits per heavy atom. The van der Waals surface area contributed by atoms with Crippen molar-refractivity contribution in [2.45, 2.75) is 41.5 Å². The SMILES string of the molecule is Br.[CH2-]C(C)C.[CH2-]C(C)C.[CH2-]C(C)C.[Ti+3]. The van der Waals surface area contributed by atoms with Crippen LogP contribution in [0.15, 0.2) is 0 Å². The largest absolute Gasteiger partial charge is 3.00 e. The second-order valence-corrected chi connectivity index (χ2v) is 4.18. The fourth-order valence-electron chi connectivity index (χ4n) is 0. The van der Waals surface area contributed by atoms with E-state index in [0.29, 0.717) is 17.8 Å². The molecule has 0 aromatic heterocycles. The second kappa shape index (κ2) is 23.8. The summed E-state index contributed by atoms with van der Waals surface area (Å²) in [7, 11) is 0. The van der Waals surface area contributed by atoms with E-state index in [1.54, 1.807) is 0 Å². The fourth-order valence-corrected chi connectivity index (χ4v) is 0. The van der Waals surface area contributed by atoms with Crippen LogP contribution in [0.3, 0.4) is 0 Å².